The number of rotatable bonds is 3. The van der Waals surface area contributed by atoms with E-state index in [-0.39, 0.29) is 5.97 Å². The van der Waals surface area contributed by atoms with E-state index >= 15 is 0 Å². The van der Waals surface area contributed by atoms with Gasteiger partial charge in [-0.1, -0.05) is 17.7 Å². The van der Waals surface area contributed by atoms with Crippen LogP contribution in [0.25, 0.3) is 0 Å². The SMILES string of the molecule is CCOC(=O)/C(C)=C\C=C(C)C. The zero-order valence-electron chi connectivity index (χ0n) is 8.18. The van der Waals surface area contributed by atoms with Crippen molar-refractivity contribution in [2.24, 2.45) is 0 Å². The van der Waals surface area contributed by atoms with Crippen LogP contribution in [0, 0.1) is 0 Å². The van der Waals surface area contributed by atoms with Crippen LogP contribution in [-0.2, 0) is 9.53 Å². The fraction of sp³-hybridized carbons (Fsp3) is 0.500. The lowest BCUT2D eigenvalue weighted by Gasteiger charge is -1.99. The second-order valence-corrected chi connectivity index (χ2v) is 2.81. The summed E-state index contributed by atoms with van der Waals surface area (Å²) in [5.41, 5.74) is 1.80. The highest BCUT2D eigenvalue weighted by molar-refractivity contribution is 5.88. The Morgan fingerprint density at radius 3 is 2.25 bits per heavy atom. The number of allylic oxidation sites excluding steroid dienone is 3. The van der Waals surface area contributed by atoms with E-state index in [9.17, 15) is 4.79 Å². The minimum atomic E-state index is -0.241. The monoisotopic (exact) mass is 168 g/mol. The lowest BCUT2D eigenvalue weighted by molar-refractivity contribution is -0.138. The number of esters is 1. The summed E-state index contributed by atoms with van der Waals surface area (Å²) in [6.07, 6.45) is 3.67. The Labute approximate surface area is 73.9 Å². The molecule has 0 aromatic rings. The van der Waals surface area contributed by atoms with Crippen LogP contribution < -0.4 is 0 Å². The normalized spacial score (nSPS) is 10.8. The molecule has 0 spiro atoms. The third-order valence-corrected chi connectivity index (χ3v) is 1.26. The van der Waals surface area contributed by atoms with E-state index in [4.69, 9.17) is 4.74 Å². The van der Waals surface area contributed by atoms with Crippen molar-refractivity contribution >= 4 is 5.97 Å². The Morgan fingerprint density at radius 2 is 1.83 bits per heavy atom. The molecule has 0 aliphatic rings. The largest absolute Gasteiger partial charge is 0.463 e. The average Bonchev–Trinajstić information content (AvgIpc) is 2.00. The molecule has 0 rings (SSSR count). The zero-order chi connectivity index (χ0) is 9.56. The zero-order valence-corrected chi connectivity index (χ0v) is 8.18. The van der Waals surface area contributed by atoms with Gasteiger partial charge in [-0.15, -0.1) is 0 Å². The second-order valence-electron chi connectivity index (χ2n) is 2.81. The Bertz CT molecular complexity index is 208. The van der Waals surface area contributed by atoms with Gasteiger partial charge >= 0.3 is 5.97 Å². The molecule has 0 aliphatic carbocycles. The van der Waals surface area contributed by atoms with Gasteiger partial charge in [-0.3, -0.25) is 0 Å². The molecular weight excluding hydrogens is 152 g/mol. The number of hydrogen-bond acceptors (Lipinski definition) is 2. The number of ether oxygens (including phenoxy) is 1. The molecule has 0 radical (unpaired) electrons. The number of carbonyl (C=O) groups excluding carboxylic acids is 1. The van der Waals surface area contributed by atoms with Gasteiger partial charge in [0.2, 0.25) is 0 Å². The summed E-state index contributed by atoms with van der Waals surface area (Å²) < 4.78 is 4.80. The molecule has 2 nitrogen and oxygen atoms in total. The third kappa shape index (κ3) is 4.72. The molecule has 0 atom stereocenters. The van der Waals surface area contributed by atoms with Crippen molar-refractivity contribution in [2.45, 2.75) is 27.7 Å². The highest BCUT2D eigenvalue weighted by Gasteiger charge is 2.01. The molecule has 12 heavy (non-hydrogen) atoms. The fourth-order valence-corrected chi connectivity index (χ4v) is 0.605. The molecule has 0 unspecified atom stereocenters. The predicted octanol–water partition coefficient (Wildman–Crippen LogP) is 2.46. The maximum Gasteiger partial charge on any atom is 0.333 e. The van der Waals surface area contributed by atoms with Crippen LogP contribution in [-0.4, -0.2) is 12.6 Å². The van der Waals surface area contributed by atoms with Crippen molar-refractivity contribution in [1.29, 1.82) is 0 Å². The van der Waals surface area contributed by atoms with Crippen LogP contribution in [0.2, 0.25) is 0 Å². The van der Waals surface area contributed by atoms with Crippen molar-refractivity contribution in [1.82, 2.24) is 0 Å². The second kappa shape index (κ2) is 5.58. The van der Waals surface area contributed by atoms with Gasteiger partial charge in [0.15, 0.2) is 0 Å². The number of hydrogen-bond donors (Lipinski definition) is 0. The Balaban J connectivity index is 4.18. The van der Waals surface area contributed by atoms with Crippen molar-refractivity contribution < 1.29 is 9.53 Å². The van der Waals surface area contributed by atoms with E-state index in [1.165, 1.54) is 5.57 Å². The highest BCUT2D eigenvalue weighted by atomic mass is 16.5. The summed E-state index contributed by atoms with van der Waals surface area (Å²) in [6, 6.07) is 0. The first-order valence-corrected chi connectivity index (χ1v) is 4.06. The summed E-state index contributed by atoms with van der Waals surface area (Å²) in [7, 11) is 0. The van der Waals surface area contributed by atoms with Gasteiger partial charge in [0, 0.05) is 5.57 Å². The van der Waals surface area contributed by atoms with Gasteiger partial charge in [-0.2, -0.15) is 0 Å². The molecule has 0 fully saturated rings. The predicted molar refractivity (Wildman–Crippen MR) is 49.8 cm³/mol. The summed E-state index contributed by atoms with van der Waals surface area (Å²) in [5.74, 6) is -0.241. The van der Waals surface area contributed by atoms with Crippen molar-refractivity contribution in [2.75, 3.05) is 6.61 Å². The van der Waals surface area contributed by atoms with Crippen LogP contribution in [0.15, 0.2) is 23.3 Å². The summed E-state index contributed by atoms with van der Waals surface area (Å²) in [4.78, 5) is 11.0. The molecule has 0 saturated carbocycles. The van der Waals surface area contributed by atoms with Crippen LogP contribution in [0.3, 0.4) is 0 Å². The van der Waals surface area contributed by atoms with E-state index in [0.29, 0.717) is 12.2 Å². The van der Waals surface area contributed by atoms with Crippen LogP contribution >= 0.6 is 0 Å². The smallest absolute Gasteiger partial charge is 0.333 e. The summed E-state index contributed by atoms with van der Waals surface area (Å²) >= 11 is 0. The minimum Gasteiger partial charge on any atom is -0.463 e. The quantitative estimate of drug-likeness (QED) is 0.367. The van der Waals surface area contributed by atoms with E-state index in [1.807, 2.05) is 19.9 Å². The first-order chi connectivity index (χ1) is 5.57. The highest BCUT2D eigenvalue weighted by Crippen LogP contribution is 1.99. The molecule has 0 saturated heterocycles. The molecule has 2 heteroatoms. The van der Waals surface area contributed by atoms with Crippen molar-refractivity contribution in [3.05, 3.63) is 23.3 Å². The van der Waals surface area contributed by atoms with Gasteiger partial charge < -0.3 is 4.74 Å². The number of carbonyl (C=O) groups is 1. The topological polar surface area (TPSA) is 26.3 Å². The first-order valence-electron chi connectivity index (χ1n) is 4.06. The maximum absolute atomic E-state index is 11.0. The average molecular weight is 168 g/mol. The molecule has 0 amide bonds. The Kier molecular flexibility index (Phi) is 5.09. The summed E-state index contributed by atoms with van der Waals surface area (Å²) in [6.45, 7) is 7.94. The Hall–Kier alpha value is -1.05. The third-order valence-electron chi connectivity index (χ3n) is 1.26. The van der Waals surface area contributed by atoms with E-state index in [2.05, 4.69) is 0 Å². The van der Waals surface area contributed by atoms with Gasteiger partial charge in [0.1, 0.15) is 0 Å². The van der Waals surface area contributed by atoms with Crippen LogP contribution in [0.5, 0.6) is 0 Å². The summed E-state index contributed by atoms with van der Waals surface area (Å²) in [5, 5.41) is 0. The van der Waals surface area contributed by atoms with E-state index in [1.54, 1.807) is 19.9 Å². The molecular formula is C10H16O2. The van der Waals surface area contributed by atoms with Crippen molar-refractivity contribution in [3.8, 4) is 0 Å². The molecule has 0 aromatic carbocycles. The lowest BCUT2D eigenvalue weighted by Crippen LogP contribution is -2.04. The first kappa shape index (κ1) is 11.0. The van der Waals surface area contributed by atoms with Gasteiger partial charge in [-0.05, 0) is 27.7 Å². The molecule has 0 heterocycles. The molecule has 0 bridgehead atoms. The minimum absolute atomic E-state index is 0.241. The van der Waals surface area contributed by atoms with Gasteiger partial charge in [0.25, 0.3) is 0 Å². The van der Waals surface area contributed by atoms with Crippen LogP contribution in [0.1, 0.15) is 27.7 Å². The van der Waals surface area contributed by atoms with E-state index < -0.39 is 0 Å². The van der Waals surface area contributed by atoms with Crippen LogP contribution in [0.4, 0.5) is 0 Å². The lowest BCUT2D eigenvalue weighted by atomic mass is 10.2. The molecule has 0 aromatic heterocycles. The molecule has 68 valence electrons. The maximum atomic E-state index is 11.0. The standard InChI is InChI=1S/C10H16O2/c1-5-12-10(11)9(4)7-6-8(2)3/h6-7H,5H2,1-4H3/b9-7-. The fourth-order valence-electron chi connectivity index (χ4n) is 0.605. The van der Waals surface area contributed by atoms with Gasteiger partial charge in [0.05, 0.1) is 6.61 Å². The Morgan fingerprint density at radius 1 is 1.25 bits per heavy atom. The van der Waals surface area contributed by atoms with Gasteiger partial charge in [-0.25, -0.2) is 4.79 Å². The molecule has 0 aliphatic heterocycles. The van der Waals surface area contributed by atoms with E-state index in [0.717, 1.165) is 0 Å². The molecule has 0 N–H and O–H groups in total. The van der Waals surface area contributed by atoms with Crippen molar-refractivity contribution in [3.63, 3.8) is 0 Å².